The van der Waals surface area contributed by atoms with Crippen LogP contribution in [0.2, 0.25) is 0 Å². The zero-order valence-corrected chi connectivity index (χ0v) is 31.2. The molecule has 5 amide bonds. The van der Waals surface area contributed by atoms with Gasteiger partial charge in [0.2, 0.25) is 11.9 Å². The van der Waals surface area contributed by atoms with Gasteiger partial charge in [0.25, 0.3) is 11.8 Å². The number of urea groups is 1. The number of nitrogens with zero attached hydrogens (tertiary/aromatic N) is 9. The van der Waals surface area contributed by atoms with E-state index in [1.807, 2.05) is 44.5 Å². The first kappa shape index (κ1) is 36.6. The molecule has 8 rings (SSSR count). The highest BCUT2D eigenvalue weighted by Gasteiger charge is 2.43. The molecular weight excluding hydrogens is 724 g/mol. The summed E-state index contributed by atoms with van der Waals surface area (Å²) in [6.07, 6.45) is 4.57. The molecule has 288 valence electrons. The number of imidazole rings is 1. The number of hydrogen-bond acceptors (Lipinski definition) is 11. The number of fused-ring (bicyclic) bond motifs is 2. The van der Waals surface area contributed by atoms with Gasteiger partial charge in [-0.15, -0.1) is 0 Å². The molecular formula is C39H39F2N11O4. The van der Waals surface area contributed by atoms with Crippen molar-refractivity contribution in [2.45, 2.75) is 58.7 Å². The number of anilines is 3. The molecule has 0 aliphatic carbocycles. The maximum absolute atomic E-state index is 15.1. The van der Waals surface area contributed by atoms with Crippen LogP contribution < -0.4 is 15.5 Å². The normalized spacial score (nSPS) is 16.5. The Morgan fingerprint density at radius 2 is 1.68 bits per heavy atom. The topological polar surface area (TPSA) is 162 Å². The first-order chi connectivity index (χ1) is 26.9. The second-order valence-electron chi connectivity index (χ2n) is 14.5. The summed E-state index contributed by atoms with van der Waals surface area (Å²) in [6.45, 7) is 7.84. The fourth-order valence-electron chi connectivity index (χ4n) is 7.77. The van der Waals surface area contributed by atoms with Crippen molar-refractivity contribution in [1.29, 1.82) is 0 Å². The van der Waals surface area contributed by atoms with Crippen molar-refractivity contribution in [2.75, 3.05) is 36.9 Å². The number of amides is 5. The minimum atomic E-state index is -0.796. The number of piperidine rings is 1. The van der Waals surface area contributed by atoms with Gasteiger partial charge in [0.1, 0.15) is 22.9 Å². The van der Waals surface area contributed by atoms with E-state index in [1.165, 1.54) is 6.07 Å². The Balaban J connectivity index is 0.881. The number of carbonyl (C=O) groups excluding carboxylic acids is 4. The zero-order chi connectivity index (χ0) is 39.4. The van der Waals surface area contributed by atoms with Gasteiger partial charge in [-0.1, -0.05) is 6.07 Å². The van der Waals surface area contributed by atoms with Gasteiger partial charge in [0.05, 0.1) is 41.3 Å². The first-order valence-corrected chi connectivity index (χ1v) is 18.4. The van der Waals surface area contributed by atoms with Gasteiger partial charge in [-0.3, -0.25) is 24.6 Å². The van der Waals surface area contributed by atoms with Crippen molar-refractivity contribution in [3.63, 3.8) is 0 Å². The molecule has 3 aliphatic heterocycles. The second-order valence-corrected chi connectivity index (χ2v) is 14.5. The number of halogens is 2. The summed E-state index contributed by atoms with van der Waals surface area (Å²) in [5.41, 5.74) is 3.27. The fourth-order valence-corrected chi connectivity index (χ4v) is 7.77. The lowest BCUT2D eigenvalue weighted by Crippen LogP contribution is -2.58. The van der Waals surface area contributed by atoms with E-state index < -0.39 is 35.4 Å². The summed E-state index contributed by atoms with van der Waals surface area (Å²) >= 11 is 0. The van der Waals surface area contributed by atoms with Crippen molar-refractivity contribution in [1.82, 2.24) is 44.7 Å². The molecule has 0 bridgehead atoms. The van der Waals surface area contributed by atoms with Crippen molar-refractivity contribution >= 4 is 52.2 Å². The van der Waals surface area contributed by atoms with Crippen LogP contribution in [0.4, 0.5) is 31.0 Å². The summed E-state index contributed by atoms with van der Waals surface area (Å²) in [4.78, 5) is 72.1. The lowest BCUT2D eigenvalue weighted by atomic mass is 10.0. The summed E-state index contributed by atoms with van der Waals surface area (Å²) in [5, 5.41) is 6.98. The Morgan fingerprint density at radius 1 is 0.911 bits per heavy atom. The molecule has 0 saturated carbocycles. The van der Waals surface area contributed by atoms with Crippen LogP contribution in [0.1, 0.15) is 71.3 Å². The zero-order valence-electron chi connectivity index (χ0n) is 31.2. The molecule has 0 spiro atoms. The molecule has 56 heavy (non-hydrogen) atoms. The van der Waals surface area contributed by atoms with Gasteiger partial charge in [-0.2, -0.15) is 5.01 Å². The van der Waals surface area contributed by atoms with Crippen LogP contribution >= 0.6 is 0 Å². The molecule has 6 heterocycles. The van der Waals surface area contributed by atoms with Gasteiger partial charge < -0.3 is 14.8 Å². The van der Waals surface area contributed by atoms with Gasteiger partial charge in [-0.05, 0) is 82.6 Å². The molecule has 2 saturated heterocycles. The summed E-state index contributed by atoms with van der Waals surface area (Å²) in [7, 11) is 2.03. The third kappa shape index (κ3) is 6.67. The first-order valence-electron chi connectivity index (χ1n) is 18.4. The predicted molar refractivity (Wildman–Crippen MR) is 202 cm³/mol. The maximum Gasteiger partial charge on any atom is 0.343 e. The molecule has 3 aromatic heterocycles. The lowest BCUT2D eigenvalue weighted by Gasteiger charge is -2.37. The van der Waals surface area contributed by atoms with Gasteiger partial charge in [0.15, 0.2) is 11.6 Å². The predicted octanol–water partition coefficient (Wildman–Crippen LogP) is 5.35. The van der Waals surface area contributed by atoms with E-state index in [-0.39, 0.29) is 58.9 Å². The number of hydrazine groups is 1. The molecule has 5 aromatic rings. The average Bonchev–Trinajstić information content (AvgIpc) is 3.64. The Hall–Kier alpha value is -6.36. The van der Waals surface area contributed by atoms with Crippen LogP contribution in [0.25, 0.3) is 22.3 Å². The van der Waals surface area contributed by atoms with Gasteiger partial charge >= 0.3 is 6.03 Å². The van der Waals surface area contributed by atoms with Crippen molar-refractivity contribution < 1.29 is 28.0 Å². The van der Waals surface area contributed by atoms with Crippen LogP contribution in [0.15, 0.2) is 54.9 Å². The summed E-state index contributed by atoms with van der Waals surface area (Å²) < 4.78 is 32.1. The van der Waals surface area contributed by atoms with Crippen molar-refractivity contribution in [3.8, 4) is 11.3 Å². The molecule has 0 atom stereocenters. The van der Waals surface area contributed by atoms with Crippen LogP contribution in [0.5, 0.6) is 0 Å². The lowest BCUT2D eigenvalue weighted by molar-refractivity contribution is -0.122. The van der Waals surface area contributed by atoms with E-state index in [9.17, 15) is 19.2 Å². The van der Waals surface area contributed by atoms with Crippen LogP contribution in [-0.2, 0) is 11.3 Å². The standard InChI is InChI=1S/C39H39F2N11O4/c1-21(2)51-22(3)44-35-29(40)16-24(17-31(35)51)34-30(41)19-43-38(47-34)45-32-8-6-26(18-42-32)49-12-9-25(10-13-49)48(4)20-23-5-7-27-28(15-23)37(55)52(36(27)54)50-14-11-33(53)46-39(50)56/h5-8,15-19,21,25H,9-14,20H2,1-4H3,(H,46,53,56)(H,42,43,45,47). The highest BCUT2D eigenvalue weighted by molar-refractivity contribution is 6.22. The highest BCUT2D eigenvalue weighted by Crippen LogP contribution is 2.32. The maximum atomic E-state index is 15.1. The molecule has 17 heteroatoms. The summed E-state index contributed by atoms with van der Waals surface area (Å²) in [5.74, 6) is -1.64. The monoisotopic (exact) mass is 763 g/mol. The Bertz CT molecular complexity index is 2410. The number of benzene rings is 2. The molecule has 0 unspecified atom stereocenters. The number of imide groups is 2. The molecule has 2 aromatic carbocycles. The number of carbonyl (C=O) groups is 4. The van der Waals surface area contributed by atoms with Gasteiger partial charge in [-0.25, -0.2) is 38.5 Å². The number of hydrogen-bond donors (Lipinski definition) is 2. The third-order valence-electron chi connectivity index (χ3n) is 10.5. The van der Waals surface area contributed by atoms with Crippen molar-refractivity contribution in [3.05, 3.63) is 89.0 Å². The highest BCUT2D eigenvalue weighted by atomic mass is 19.1. The van der Waals surface area contributed by atoms with E-state index >= 15 is 8.78 Å². The van der Waals surface area contributed by atoms with E-state index in [2.05, 4.69) is 40.4 Å². The number of aryl methyl sites for hydroxylation is 1. The van der Waals surface area contributed by atoms with Crippen LogP contribution in [0, 0.1) is 18.6 Å². The number of nitrogens with one attached hydrogen (secondary N) is 2. The van der Waals surface area contributed by atoms with E-state index in [1.54, 1.807) is 30.5 Å². The quantitative estimate of drug-likeness (QED) is 0.186. The number of aromatic nitrogens is 5. The largest absolute Gasteiger partial charge is 0.370 e. The molecule has 15 nitrogen and oxygen atoms in total. The van der Waals surface area contributed by atoms with E-state index in [0.29, 0.717) is 23.7 Å². The Labute approximate surface area is 320 Å². The minimum Gasteiger partial charge on any atom is -0.370 e. The fraction of sp³-hybridized carbons (Fsp3) is 0.333. The number of rotatable bonds is 9. The number of pyridine rings is 1. The van der Waals surface area contributed by atoms with E-state index in [0.717, 1.165) is 53.4 Å². The van der Waals surface area contributed by atoms with Crippen molar-refractivity contribution in [2.24, 2.45) is 0 Å². The summed E-state index contributed by atoms with van der Waals surface area (Å²) in [6, 6.07) is 11.3. The van der Waals surface area contributed by atoms with Gasteiger partial charge in [0, 0.05) is 43.7 Å². The molecule has 0 radical (unpaired) electrons. The average molecular weight is 764 g/mol. The molecule has 3 aliphatic rings. The van der Waals surface area contributed by atoms with Crippen LogP contribution in [-0.4, -0.2) is 95.9 Å². The Morgan fingerprint density at radius 3 is 2.39 bits per heavy atom. The smallest absolute Gasteiger partial charge is 0.343 e. The minimum absolute atomic E-state index is 0.00260. The third-order valence-corrected chi connectivity index (χ3v) is 10.5. The van der Waals surface area contributed by atoms with E-state index in [4.69, 9.17) is 0 Å². The molecule has 2 fully saturated rings. The Kier molecular flexibility index (Phi) is 9.40. The van der Waals surface area contributed by atoms with Crippen LogP contribution in [0.3, 0.4) is 0 Å². The SMILES string of the molecule is Cc1nc2c(F)cc(-c3nc(Nc4ccc(N5CCC(N(C)Cc6ccc7c(c6)C(=O)N(N6CCC(=O)NC6=O)C7=O)CC5)cn4)ncc3F)cc2n1C(C)C. The molecule has 2 N–H and O–H groups in total. The second kappa shape index (κ2) is 14.4.